The third-order valence-corrected chi connectivity index (χ3v) is 9.97. The number of carbonyl (C=O) groups is 3. The van der Waals surface area contributed by atoms with Crippen molar-refractivity contribution in [1.29, 1.82) is 0 Å². The van der Waals surface area contributed by atoms with Gasteiger partial charge >= 0.3 is 5.97 Å². The van der Waals surface area contributed by atoms with E-state index in [-0.39, 0.29) is 33.1 Å². The van der Waals surface area contributed by atoms with Gasteiger partial charge in [0.2, 0.25) is 0 Å². The fourth-order valence-electron chi connectivity index (χ4n) is 7.71. The molecule has 0 aromatic carbocycles. The van der Waals surface area contributed by atoms with Crippen LogP contribution in [0.3, 0.4) is 0 Å². The second kappa shape index (κ2) is 6.45. The normalized spacial score (nSPS) is 47.2. The van der Waals surface area contributed by atoms with Gasteiger partial charge in [-0.3, -0.25) is 14.4 Å². The molecule has 5 unspecified atom stereocenters. The van der Waals surface area contributed by atoms with Gasteiger partial charge in [0, 0.05) is 30.9 Å². The van der Waals surface area contributed by atoms with Crippen LogP contribution in [0.15, 0.2) is 11.6 Å². The number of hydrogen-bond acceptors (Lipinski definition) is 5. The fourth-order valence-corrected chi connectivity index (χ4v) is 8.95. The van der Waals surface area contributed by atoms with Crippen LogP contribution in [-0.4, -0.2) is 27.7 Å². The Hall–Kier alpha value is -1.10. The van der Waals surface area contributed by atoms with Gasteiger partial charge in [-0.15, -0.1) is 0 Å². The molecule has 4 nitrogen and oxygen atoms in total. The zero-order chi connectivity index (χ0) is 19.7. The van der Waals surface area contributed by atoms with E-state index in [0.717, 1.165) is 44.9 Å². The number of esters is 1. The van der Waals surface area contributed by atoms with Crippen LogP contribution < -0.4 is 0 Å². The summed E-state index contributed by atoms with van der Waals surface area (Å²) in [5.74, 6) is 2.24. The molecule has 1 spiro atoms. The molecule has 0 amide bonds. The van der Waals surface area contributed by atoms with Crippen molar-refractivity contribution in [3.8, 4) is 0 Å². The number of carbonyl (C=O) groups excluding carboxylic acids is 3. The summed E-state index contributed by atoms with van der Waals surface area (Å²) in [7, 11) is 0. The van der Waals surface area contributed by atoms with E-state index in [0.29, 0.717) is 36.5 Å². The van der Waals surface area contributed by atoms with Crippen LogP contribution in [0.1, 0.15) is 71.6 Å². The van der Waals surface area contributed by atoms with E-state index >= 15 is 0 Å². The molecule has 5 rings (SSSR count). The Bertz CT molecular complexity index is 773. The molecule has 1 heterocycles. The molecule has 0 N–H and O–H groups in total. The number of thioether (sulfide) groups is 1. The lowest BCUT2D eigenvalue weighted by atomic mass is 9.49. The summed E-state index contributed by atoms with van der Waals surface area (Å²) in [5, 5.41) is 0.435. The molecule has 28 heavy (non-hydrogen) atoms. The molecule has 0 radical (unpaired) electrons. The number of rotatable bonds is 1. The van der Waals surface area contributed by atoms with Crippen LogP contribution in [-0.2, 0) is 19.1 Å². The summed E-state index contributed by atoms with van der Waals surface area (Å²) < 4.78 is 5.95. The molecule has 3 saturated carbocycles. The maximum Gasteiger partial charge on any atom is 0.306 e. The molecule has 5 aliphatic rings. The van der Waals surface area contributed by atoms with Gasteiger partial charge in [0.05, 0.1) is 0 Å². The Kier molecular flexibility index (Phi) is 4.35. The lowest BCUT2D eigenvalue weighted by Gasteiger charge is -2.58. The van der Waals surface area contributed by atoms with Crippen LogP contribution in [0.25, 0.3) is 0 Å². The molecule has 0 bridgehead atoms. The van der Waals surface area contributed by atoms with Gasteiger partial charge in [-0.2, -0.15) is 0 Å². The van der Waals surface area contributed by atoms with Crippen LogP contribution in [0.4, 0.5) is 0 Å². The quantitative estimate of drug-likeness (QED) is 0.606. The predicted molar refractivity (Wildman–Crippen MR) is 108 cm³/mol. The molecule has 1 aliphatic heterocycles. The third kappa shape index (κ3) is 2.68. The summed E-state index contributed by atoms with van der Waals surface area (Å²) in [6, 6.07) is 0. The zero-order valence-electron chi connectivity index (χ0n) is 16.9. The number of hydrogen-bond donors (Lipinski definition) is 0. The lowest BCUT2D eigenvalue weighted by Crippen LogP contribution is -2.53. The Morgan fingerprint density at radius 2 is 1.89 bits per heavy atom. The minimum atomic E-state index is -0.224. The largest absolute Gasteiger partial charge is 0.459 e. The fraction of sp³-hybridized carbons (Fsp3) is 0.783. The molecule has 4 aliphatic carbocycles. The van der Waals surface area contributed by atoms with Crippen molar-refractivity contribution >= 4 is 28.6 Å². The monoisotopic (exact) mass is 402 g/mol. The van der Waals surface area contributed by atoms with Crippen LogP contribution in [0.2, 0.25) is 0 Å². The van der Waals surface area contributed by atoms with E-state index in [1.165, 1.54) is 17.3 Å². The minimum absolute atomic E-state index is 0.0240. The van der Waals surface area contributed by atoms with Crippen LogP contribution in [0, 0.1) is 29.1 Å². The van der Waals surface area contributed by atoms with E-state index < -0.39 is 0 Å². The zero-order valence-corrected chi connectivity index (χ0v) is 17.7. The topological polar surface area (TPSA) is 60.4 Å². The van der Waals surface area contributed by atoms with Crippen molar-refractivity contribution in [1.82, 2.24) is 0 Å². The first-order valence-corrected chi connectivity index (χ1v) is 11.8. The average Bonchev–Trinajstić information content (AvgIpc) is 3.20. The Morgan fingerprint density at radius 1 is 1.11 bits per heavy atom. The summed E-state index contributed by atoms with van der Waals surface area (Å²) in [6.07, 6.45) is 10.2. The summed E-state index contributed by atoms with van der Waals surface area (Å²) in [6.45, 7) is 4.04. The summed E-state index contributed by atoms with van der Waals surface area (Å²) in [4.78, 5) is 36.1. The first-order chi connectivity index (χ1) is 13.3. The van der Waals surface area contributed by atoms with E-state index in [4.69, 9.17) is 4.74 Å². The van der Waals surface area contributed by atoms with Gasteiger partial charge < -0.3 is 4.74 Å². The Labute approximate surface area is 171 Å². The van der Waals surface area contributed by atoms with Gasteiger partial charge in [-0.05, 0) is 74.2 Å². The Morgan fingerprint density at radius 3 is 2.61 bits per heavy atom. The highest BCUT2D eigenvalue weighted by atomic mass is 32.2. The van der Waals surface area contributed by atoms with E-state index in [2.05, 4.69) is 6.92 Å². The van der Waals surface area contributed by atoms with E-state index in [1.54, 1.807) is 6.92 Å². The highest BCUT2D eigenvalue weighted by molar-refractivity contribution is 8.14. The number of ketones is 1. The summed E-state index contributed by atoms with van der Waals surface area (Å²) >= 11 is 1.50. The van der Waals surface area contributed by atoms with Crippen molar-refractivity contribution < 1.29 is 19.1 Å². The van der Waals surface area contributed by atoms with Gasteiger partial charge in [0.25, 0.3) is 0 Å². The third-order valence-electron chi connectivity index (χ3n) is 8.86. The van der Waals surface area contributed by atoms with Gasteiger partial charge in [0.15, 0.2) is 10.9 Å². The molecule has 1 saturated heterocycles. The van der Waals surface area contributed by atoms with E-state index in [9.17, 15) is 14.4 Å². The van der Waals surface area contributed by atoms with E-state index in [1.807, 2.05) is 6.08 Å². The van der Waals surface area contributed by atoms with Gasteiger partial charge in [-0.25, -0.2) is 0 Å². The maximum absolute atomic E-state index is 12.1. The lowest BCUT2D eigenvalue weighted by molar-refractivity contribution is -0.154. The highest BCUT2D eigenvalue weighted by Crippen LogP contribution is 2.66. The molecule has 0 aromatic rings. The predicted octanol–water partition coefficient (Wildman–Crippen LogP) is 4.46. The van der Waals surface area contributed by atoms with Gasteiger partial charge in [0.1, 0.15) is 5.60 Å². The standard InChI is InChI=1S/C23H30O4S/c1-13(24)28-19-12-14-11-15(25)5-8-22(14,2)18-4-3-17-16(21(18)19)6-9-23(17)10-7-20(26)27-23/h11,16-19,21H,3-10,12H2,1-2H3/t16?,17?,18?,19-,21?,22?,23-/m1/s1. The molecule has 5 heteroatoms. The molecular formula is C23H30O4S. The van der Waals surface area contributed by atoms with Crippen LogP contribution in [0.5, 0.6) is 0 Å². The first kappa shape index (κ1) is 18.9. The number of ether oxygens (including phenoxy) is 1. The second-order valence-corrected chi connectivity index (χ2v) is 11.4. The van der Waals surface area contributed by atoms with Crippen molar-refractivity contribution in [2.45, 2.75) is 82.5 Å². The summed E-state index contributed by atoms with van der Waals surface area (Å²) in [5.41, 5.74) is 1.17. The SMILES string of the molecule is CC(=O)S[C@@H]1CC2=CC(=O)CCC2(C)C2CCC3C(CC[C@@]34CCC(=O)O4)C21. The Balaban J connectivity index is 1.52. The molecule has 4 fully saturated rings. The smallest absolute Gasteiger partial charge is 0.306 e. The molecule has 7 atom stereocenters. The van der Waals surface area contributed by atoms with Crippen LogP contribution >= 0.6 is 11.8 Å². The molecular weight excluding hydrogens is 372 g/mol. The van der Waals surface area contributed by atoms with Gasteiger partial charge in [-0.1, -0.05) is 24.3 Å². The molecule has 152 valence electrons. The van der Waals surface area contributed by atoms with Crippen molar-refractivity contribution in [3.63, 3.8) is 0 Å². The van der Waals surface area contributed by atoms with Crippen molar-refractivity contribution in [3.05, 3.63) is 11.6 Å². The maximum atomic E-state index is 12.1. The van der Waals surface area contributed by atoms with Crippen molar-refractivity contribution in [2.75, 3.05) is 0 Å². The highest BCUT2D eigenvalue weighted by Gasteiger charge is 2.63. The number of allylic oxidation sites excluding steroid dienone is 1. The molecule has 0 aromatic heterocycles. The minimum Gasteiger partial charge on any atom is -0.459 e. The van der Waals surface area contributed by atoms with Crippen molar-refractivity contribution in [2.24, 2.45) is 29.1 Å². The average molecular weight is 403 g/mol. The number of fused-ring (bicyclic) bond motifs is 6. The first-order valence-electron chi connectivity index (χ1n) is 11.0. The second-order valence-electron chi connectivity index (χ2n) is 10.0.